The molecule has 0 spiro atoms. The monoisotopic (exact) mass is 452 g/mol. The molecule has 3 rings (SSSR count). The standard InChI is InChI=1S/C25H22F2N2O4/c1-14(2)22(25(32)33)29-23(30)17-5-3-15(4-6-17)16-7-10-19(11-8-16)28-24(31)18-9-12-20(26)21(27)13-18/h3-14,22H,1-2H3,(H,28,31)(H,29,30)(H,32,33)/t22-/m0/s1. The minimum atomic E-state index is -1.10. The Labute approximate surface area is 189 Å². The van der Waals surface area contributed by atoms with Crippen LogP contribution >= 0.6 is 0 Å². The molecule has 0 aliphatic rings. The fourth-order valence-corrected chi connectivity index (χ4v) is 3.14. The van der Waals surface area contributed by atoms with E-state index in [-0.39, 0.29) is 11.5 Å². The van der Waals surface area contributed by atoms with Gasteiger partial charge in [0, 0.05) is 16.8 Å². The maximum atomic E-state index is 13.3. The van der Waals surface area contributed by atoms with Gasteiger partial charge in [-0.3, -0.25) is 9.59 Å². The Hall–Kier alpha value is -4.07. The molecule has 0 saturated heterocycles. The Morgan fingerprint density at radius 3 is 1.82 bits per heavy atom. The molecule has 1 atom stereocenters. The van der Waals surface area contributed by atoms with Crippen LogP contribution in [0.1, 0.15) is 34.6 Å². The number of amides is 2. The number of hydrogen-bond donors (Lipinski definition) is 3. The first kappa shape index (κ1) is 23.6. The molecule has 0 aromatic heterocycles. The fourth-order valence-electron chi connectivity index (χ4n) is 3.14. The molecule has 0 unspecified atom stereocenters. The Kier molecular flexibility index (Phi) is 7.17. The summed E-state index contributed by atoms with van der Waals surface area (Å²) < 4.78 is 26.4. The van der Waals surface area contributed by atoms with Gasteiger partial charge >= 0.3 is 5.97 Å². The van der Waals surface area contributed by atoms with Crippen LogP contribution in [-0.2, 0) is 4.79 Å². The molecule has 0 aliphatic carbocycles. The van der Waals surface area contributed by atoms with Gasteiger partial charge in [-0.15, -0.1) is 0 Å². The summed E-state index contributed by atoms with van der Waals surface area (Å²) in [5.74, 6) is -4.52. The number of anilines is 1. The number of nitrogens with one attached hydrogen (secondary N) is 2. The maximum absolute atomic E-state index is 13.3. The van der Waals surface area contributed by atoms with Crippen molar-refractivity contribution in [2.45, 2.75) is 19.9 Å². The largest absolute Gasteiger partial charge is 0.480 e. The van der Waals surface area contributed by atoms with E-state index in [9.17, 15) is 28.3 Å². The summed E-state index contributed by atoms with van der Waals surface area (Å²) in [6, 6.07) is 15.4. The Balaban J connectivity index is 1.67. The van der Waals surface area contributed by atoms with E-state index in [1.807, 2.05) is 0 Å². The quantitative estimate of drug-likeness (QED) is 0.483. The summed E-state index contributed by atoms with van der Waals surface area (Å²) in [7, 11) is 0. The lowest BCUT2D eigenvalue weighted by molar-refractivity contribution is -0.140. The van der Waals surface area contributed by atoms with Crippen LogP contribution in [0.5, 0.6) is 0 Å². The number of carbonyl (C=O) groups is 3. The van der Waals surface area contributed by atoms with Crippen molar-refractivity contribution in [3.05, 3.63) is 89.5 Å². The molecule has 2 amide bonds. The van der Waals surface area contributed by atoms with Crippen LogP contribution in [0.15, 0.2) is 66.7 Å². The summed E-state index contributed by atoms with van der Waals surface area (Å²) in [6.07, 6.45) is 0. The van der Waals surface area contributed by atoms with E-state index in [0.29, 0.717) is 11.3 Å². The highest BCUT2D eigenvalue weighted by molar-refractivity contribution is 6.04. The van der Waals surface area contributed by atoms with Gasteiger partial charge in [0.1, 0.15) is 6.04 Å². The van der Waals surface area contributed by atoms with Gasteiger partial charge in [-0.2, -0.15) is 0 Å². The number of aliphatic carboxylic acids is 1. The van der Waals surface area contributed by atoms with Gasteiger partial charge in [-0.25, -0.2) is 13.6 Å². The summed E-state index contributed by atoms with van der Waals surface area (Å²) in [5, 5.41) is 14.4. The van der Waals surface area contributed by atoms with Crippen LogP contribution in [-0.4, -0.2) is 28.9 Å². The molecule has 0 heterocycles. The lowest BCUT2D eigenvalue weighted by atomic mass is 10.0. The van der Waals surface area contributed by atoms with Crippen molar-refractivity contribution in [2.24, 2.45) is 5.92 Å². The predicted molar refractivity (Wildman–Crippen MR) is 120 cm³/mol. The number of hydrogen-bond acceptors (Lipinski definition) is 3. The van der Waals surface area contributed by atoms with Gasteiger partial charge < -0.3 is 15.7 Å². The minimum Gasteiger partial charge on any atom is -0.480 e. The maximum Gasteiger partial charge on any atom is 0.326 e. The van der Waals surface area contributed by atoms with Crippen LogP contribution in [0.4, 0.5) is 14.5 Å². The van der Waals surface area contributed by atoms with E-state index < -0.39 is 35.5 Å². The average molecular weight is 452 g/mol. The van der Waals surface area contributed by atoms with Gasteiger partial charge in [-0.1, -0.05) is 38.1 Å². The highest BCUT2D eigenvalue weighted by Gasteiger charge is 2.23. The van der Waals surface area contributed by atoms with E-state index in [0.717, 1.165) is 23.3 Å². The molecule has 0 bridgehead atoms. The van der Waals surface area contributed by atoms with Crippen LogP contribution in [0.25, 0.3) is 11.1 Å². The molecule has 3 aromatic rings. The Morgan fingerprint density at radius 1 is 0.758 bits per heavy atom. The highest BCUT2D eigenvalue weighted by Crippen LogP contribution is 2.22. The Morgan fingerprint density at radius 2 is 1.30 bits per heavy atom. The van der Waals surface area contributed by atoms with Crippen molar-refractivity contribution >= 4 is 23.5 Å². The first-order chi connectivity index (χ1) is 15.7. The number of benzene rings is 3. The summed E-state index contributed by atoms with van der Waals surface area (Å²) in [4.78, 5) is 35.9. The molecular weight excluding hydrogens is 430 g/mol. The second kappa shape index (κ2) is 10.0. The lowest BCUT2D eigenvalue weighted by Crippen LogP contribution is -2.44. The van der Waals surface area contributed by atoms with Gasteiger partial charge in [0.05, 0.1) is 0 Å². The van der Waals surface area contributed by atoms with Crippen molar-refractivity contribution in [1.29, 1.82) is 0 Å². The number of halogens is 2. The first-order valence-electron chi connectivity index (χ1n) is 10.2. The van der Waals surface area contributed by atoms with Crippen LogP contribution < -0.4 is 10.6 Å². The average Bonchev–Trinajstić information content (AvgIpc) is 2.79. The van der Waals surface area contributed by atoms with Crippen LogP contribution in [0, 0.1) is 17.6 Å². The second-order valence-electron chi connectivity index (χ2n) is 7.77. The second-order valence-corrected chi connectivity index (χ2v) is 7.77. The van der Waals surface area contributed by atoms with E-state index in [4.69, 9.17) is 0 Å². The van der Waals surface area contributed by atoms with Crippen molar-refractivity contribution < 1.29 is 28.3 Å². The van der Waals surface area contributed by atoms with Crippen LogP contribution in [0.3, 0.4) is 0 Å². The van der Waals surface area contributed by atoms with Crippen molar-refractivity contribution in [2.75, 3.05) is 5.32 Å². The zero-order valence-corrected chi connectivity index (χ0v) is 17.9. The molecule has 0 saturated carbocycles. The normalized spacial score (nSPS) is 11.7. The summed E-state index contributed by atoms with van der Waals surface area (Å²) >= 11 is 0. The van der Waals surface area contributed by atoms with Gasteiger partial charge in [0.15, 0.2) is 11.6 Å². The molecule has 0 aliphatic heterocycles. The van der Waals surface area contributed by atoms with Gasteiger partial charge in [-0.05, 0) is 59.5 Å². The number of carbonyl (C=O) groups excluding carboxylic acids is 2. The van der Waals surface area contributed by atoms with E-state index in [1.54, 1.807) is 62.4 Å². The number of rotatable bonds is 7. The van der Waals surface area contributed by atoms with Gasteiger partial charge in [0.25, 0.3) is 11.8 Å². The molecule has 3 N–H and O–H groups in total. The summed E-state index contributed by atoms with van der Waals surface area (Å²) in [5.41, 5.74) is 2.43. The third kappa shape index (κ3) is 5.79. The molecule has 3 aromatic carbocycles. The van der Waals surface area contributed by atoms with E-state index in [1.165, 1.54) is 6.07 Å². The molecular formula is C25H22F2N2O4. The van der Waals surface area contributed by atoms with Crippen molar-refractivity contribution in [3.63, 3.8) is 0 Å². The topological polar surface area (TPSA) is 95.5 Å². The third-order valence-corrected chi connectivity index (χ3v) is 5.02. The molecule has 6 nitrogen and oxygen atoms in total. The van der Waals surface area contributed by atoms with Crippen molar-refractivity contribution in [3.8, 4) is 11.1 Å². The minimum absolute atomic E-state index is 0.00514. The predicted octanol–water partition coefficient (Wildman–Crippen LogP) is 4.72. The number of carboxylic acid groups (broad SMARTS) is 1. The van der Waals surface area contributed by atoms with E-state index >= 15 is 0 Å². The third-order valence-electron chi connectivity index (χ3n) is 5.02. The van der Waals surface area contributed by atoms with E-state index in [2.05, 4.69) is 10.6 Å². The van der Waals surface area contributed by atoms with Gasteiger partial charge in [0.2, 0.25) is 0 Å². The lowest BCUT2D eigenvalue weighted by Gasteiger charge is -2.18. The molecule has 0 fully saturated rings. The molecule has 8 heteroatoms. The summed E-state index contributed by atoms with van der Waals surface area (Å²) in [6.45, 7) is 3.43. The highest BCUT2D eigenvalue weighted by atomic mass is 19.2. The molecule has 0 radical (unpaired) electrons. The SMILES string of the molecule is CC(C)[C@H](NC(=O)c1ccc(-c2ccc(NC(=O)c3ccc(F)c(F)c3)cc2)cc1)C(=O)O. The van der Waals surface area contributed by atoms with Crippen LogP contribution in [0.2, 0.25) is 0 Å². The fraction of sp³-hybridized carbons (Fsp3) is 0.160. The smallest absolute Gasteiger partial charge is 0.326 e. The Bertz CT molecular complexity index is 1180. The number of carboxylic acids is 1. The zero-order chi connectivity index (χ0) is 24.1. The zero-order valence-electron chi connectivity index (χ0n) is 17.9. The van der Waals surface area contributed by atoms with Crippen molar-refractivity contribution in [1.82, 2.24) is 5.32 Å². The first-order valence-corrected chi connectivity index (χ1v) is 10.2. The molecule has 33 heavy (non-hydrogen) atoms. The molecule has 170 valence electrons.